The van der Waals surface area contributed by atoms with Crippen LogP contribution in [0.2, 0.25) is 0 Å². The molecule has 2 bridgehead atoms. The Labute approximate surface area is 237 Å². The summed E-state index contributed by atoms with van der Waals surface area (Å²) >= 11 is 0. The van der Waals surface area contributed by atoms with E-state index in [0.29, 0.717) is 5.56 Å². The summed E-state index contributed by atoms with van der Waals surface area (Å²) in [6.07, 6.45) is -3.16. The summed E-state index contributed by atoms with van der Waals surface area (Å²) in [6.45, 7) is 7.39. The fourth-order valence-corrected chi connectivity index (χ4v) is 10.3. The number of Topliss-reactive ketones (excluding diaryl/α,β-unsaturated/α-hetero) is 2. The summed E-state index contributed by atoms with van der Waals surface area (Å²) in [4.78, 5) is 53.5. The molecular formula is C30H38O11. The van der Waals surface area contributed by atoms with Crippen LogP contribution in [0, 0.1) is 39.4 Å². The van der Waals surface area contributed by atoms with Gasteiger partial charge in [0.05, 0.1) is 36.8 Å². The van der Waals surface area contributed by atoms with Gasteiger partial charge in [-0.15, -0.1) is 0 Å². The minimum atomic E-state index is -1.40. The van der Waals surface area contributed by atoms with Crippen LogP contribution in [0.5, 0.6) is 0 Å². The fourth-order valence-electron chi connectivity index (χ4n) is 10.3. The molecule has 0 amide bonds. The zero-order chi connectivity index (χ0) is 29.9. The number of ketones is 2. The van der Waals surface area contributed by atoms with Crippen molar-refractivity contribution in [2.75, 3.05) is 6.61 Å². The molecule has 0 aromatic carbocycles. The van der Waals surface area contributed by atoms with Crippen molar-refractivity contribution in [2.24, 2.45) is 39.4 Å². The molecule has 224 valence electrons. The second kappa shape index (κ2) is 8.95. The zero-order valence-corrected chi connectivity index (χ0v) is 23.9. The maximum absolute atomic E-state index is 14.9. The highest BCUT2D eigenvalue weighted by molar-refractivity contribution is 5.97. The predicted octanol–water partition coefficient (Wildman–Crippen LogP) is 1.51. The Morgan fingerprint density at radius 1 is 0.927 bits per heavy atom. The molecule has 5 aliphatic rings. The Balaban J connectivity index is 1.57. The van der Waals surface area contributed by atoms with Crippen LogP contribution in [0.4, 0.5) is 0 Å². The lowest BCUT2D eigenvalue weighted by Gasteiger charge is -2.72. The van der Waals surface area contributed by atoms with Crippen molar-refractivity contribution in [3.63, 3.8) is 0 Å². The first-order valence-electron chi connectivity index (χ1n) is 14.2. The number of hydrogen-bond donors (Lipinski definition) is 3. The number of aliphatic hydroxyl groups is 3. The van der Waals surface area contributed by atoms with E-state index in [4.69, 9.17) is 18.6 Å². The van der Waals surface area contributed by atoms with Gasteiger partial charge in [0.1, 0.15) is 11.9 Å². The second-order valence-electron chi connectivity index (χ2n) is 13.6. The number of carbonyl (C=O) groups is 4. The van der Waals surface area contributed by atoms with Gasteiger partial charge in [-0.05, 0) is 24.0 Å². The normalized spacial score (nSPS) is 50.4. The predicted molar refractivity (Wildman–Crippen MR) is 138 cm³/mol. The van der Waals surface area contributed by atoms with Crippen molar-refractivity contribution < 1.29 is 53.1 Å². The molecule has 4 aliphatic carbocycles. The number of esters is 2. The smallest absolute Gasteiger partial charge is 0.303 e. The van der Waals surface area contributed by atoms with Crippen LogP contribution in [-0.2, 0) is 33.4 Å². The molecule has 4 saturated carbocycles. The van der Waals surface area contributed by atoms with Gasteiger partial charge in [0.15, 0.2) is 18.2 Å². The molecule has 0 radical (unpaired) electrons. The van der Waals surface area contributed by atoms with E-state index >= 15 is 0 Å². The Kier molecular flexibility index (Phi) is 6.23. The number of aliphatic hydroxyl groups excluding tert-OH is 3. The fraction of sp³-hybridized carbons (Fsp3) is 0.733. The van der Waals surface area contributed by atoms with E-state index in [2.05, 4.69) is 0 Å². The molecule has 11 heteroatoms. The summed E-state index contributed by atoms with van der Waals surface area (Å²) in [5, 5.41) is 35.1. The van der Waals surface area contributed by atoms with Gasteiger partial charge in [-0.1, -0.05) is 20.8 Å². The topological polar surface area (TPSA) is 170 Å². The minimum Gasteiger partial charge on any atom is -0.472 e. The Hall–Kier alpha value is -2.60. The van der Waals surface area contributed by atoms with Gasteiger partial charge in [-0.2, -0.15) is 0 Å². The van der Waals surface area contributed by atoms with E-state index < -0.39 is 93.8 Å². The van der Waals surface area contributed by atoms with Crippen molar-refractivity contribution in [2.45, 2.75) is 90.5 Å². The van der Waals surface area contributed by atoms with Crippen molar-refractivity contribution in [3.8, 4) is 0 Å². The Morgan fingerprint density at radius 2 is 1.61 bits per heavy atom. The standard InChI is InChI=1S/C30H38O11/c1-13(31)40-21-10-20(35)30-12-39-26(37)28(21,4)18(30)9-19(34)29(5)23-17(33)8-16(15-6-7-38-11-15)27(23,3)25(41-14(2)32)22(36)24(29)30/h6-7,11,16,18-21,23-26,34-35,37H,8-10,12H2,1-5H3/t16-,18-,19+,20-,21+,23-,24-,25-,26-,27-,28+,29-,30-/m0/s1. The molecule has 5 fully saturated rings. The molecule has 41 heavy (non-hydrogen) atoms. The molecular weight excluding hydrogens is 536 g/mol. The lowest BCUT2D eigenvalue weighted by Crippen LogP contribution is -2.80. The third-order valence-corrected chi connectivity index (χ3v) is 11.9. The van der Waals surface area contributed by atoms with Crippen LogP contribution in [0.3, 0.4) is 0 Å². The summed E-state index contributed by atoms with van der Waals surface area (Å²) in [5.41, 5.74) is -4.52. The molecule has 11 nitrogen and oxygen atoms in total. The summed E-state index contributed by atoms with van der Waals surface area (Å²) in [7, 11) is 0. The first-order chi connectivity index (χ1) is 19.2. The molecule has 1 aromatic rings. The molecule has 3 N–H and O–H groups in total. The molecule has 1 aromatic heterocycles. The van der Waals surface area contributed by atoms with Crippen LogP contribution < -0.4 is 0 Å². The van der Waals surface area contributed by atoms with Gasteiger partial charge in [-0.3, -0.25) is 19.2 Å². The monoisotopic (exact) mass is 574 g/mol. The highest BCUT2D eigenvalue weighted by Gasteiger charge is 2.82. The minimum absolute atomic E-state index is 0.0283. The maximum atomic E-state index is 14.9. The van der Waals surface area contributed by atoms with E-state index in [1.807, 2.05) is 0 Å². The molecule has 0 spiro atoms. The maximum Gasteiger partial charge on any atom is 0.303 e. The van der Waals surface area contributed by atoms with Gasteiger partial charge in [-0.25, -0.2) is 0 Å². The third-order valence-electron chi connectivity index (χ3n) is 11.9. The quantitative estimate of drug-likeness (QED) is 0.447. The van der Waals surface area contributed by atoms with Gasteiger partial charge in [0.25, 0.3) is 0 Å². The number of carbonyl (C=O) groups excluding carboxylic acids is 4. The van der Waals surface area contributed by atoms with E-state index in [0.717, 1.165) is 0 Å². The third kappa shape index (κ3) is 3.34. The Bertz CT molecular complexity index is 1290. The van der Waals surface area contributed by atoms with Gasteiger partial charge < -0.3 is 33.9 Å². The number of fused-ring (bicyclic) bond motifs is 3. The van der Waals surface area contributed by atoms with Gasteiger partial charge in [0.2, 0.25) is 0 Å². The van der Waals surface area contributed by atoms with E-state index in [9.17, 15) is 34.5 Å². The Morgan fingerprint density at radius 3 is 2.22 bits per heavy atom. The van der Waals surface area contributed by atoms with Crippen molar-refractivity contribution in [1.82, 2.24) is 0 Å². The summed E-state index contributed by atoms with van der Waals surface area (Å²) in [6, 6.07) is 1.73. The number of hydrogen-bond acceptors (Lipinski definition) is 11. The molecule has 6 rings (SSSR count). The number of ether oxygens (including phenoxy) is 3. The average Bonchev–Trinajstić information content (AvgIpc) is 3.50. The highest BCUT2D eigenvalue weighted by atomic mass is 16.6. The van der Waals surface area contributed by atoms with Gasteiger partial charge in [0, 0.05) is 60.7 Å². The lowest BCUT2D eigenvalue weighted by atomic mass is 9.33. The largest absolute Gasteiger partial charge is 0.472 e. The van der Waals surface area contributed by atoms with Crippen LogP contribution in [0.1, 0.15) is 65.4 Å². The number of furan rings is 1. The van der Waals surface area contributed by atoms with Crippen LogP contribution in [-0.4, -0.2) is 76.1 Å². The molecule has 2 heterocycles. The summed E-state index contributed by atoms with van der Waals surface area (Å²) < 4.78 is 22.6. The van der Waals surface area contributed by atoms with Crippen molar-refractivity contribution in [3.05, 3.63) is 24.2 Å². The van der Waals surface area contributed by atoms with Crippen molar-refractivity contribution >= 4 is 23.5 Å². The SMILES string of the molecule is CC(=O)O[C@@H]1C[C@H](O)[C@]23CO[C@H](O)[C@]1(C)[C@@H]2C[C@@H](O)[C@@]1(C)[C@H]2C(=O)C[C@@H](c4ccoc4)[C@]2(C)[C@@H](OC(C)=O)C(=O)[C@@H]13. The molecule has 0 unspecified atom stereocenters. The van der Waals surface area contributed by atoms with Crippen molar-refractivity contribution in [1.29, 1.82) is 0 Å². The molecule has 13 atom stereocenters. The first kappa shape index (κ1) is 28.5. The van der Waals surface area contributed by atoms with Gasteiger partial charge >= 0.3 is 11.9 Å². The van der Waals surface area contributed by atoms with E-state index in [-0.39, 0.29) is 31.7 Å². The number of rotatable bonds is 3. The van der Waals surface area contributed by atoms with Crippen LogP contribution in [0.25, 0.3) is 0 Å². The van der Waals surface area contributed by atoms with Crippen LogP contribution >= 0.6 is 0 Å². The molecule has 1 aliphatic heterocycles. The summed E-state index contributed by atoms with van der Waals surface area (Å²) in [5.74, 6) is -5.30. The zero-order valence-electron chi connectivity index (χ0n) is 23.9. The first-order valence-corrected chi connectivity index (χ1v) is 14.2. The van der Waals surface area contributed by atoms with Crippen LogP contribution in [0.15, 0.2) is 23.0 Å². The van der Waals surface area contributed by atoms with E-state index in [1.54, 1.807) is 26.8 Å². The lowest BCUT2D eigenvalue weighted by molar-refractivity contribution is -0.371. The second-order valence-corrected chi connectivity index (χ2v) is 13.6. The highest BCUT2D eigenvalue weighted by Crippen LogP contribution is 2.75. The average molecular weight is 575 g/mol. The molecule has 1 saturated heterocycles. The van der Waals surface area contributed by atoms with E-state index in [1.165, 1.54) is 26.4 Å².